The molecule has 0 radical (unpaired) electrons. The number of carbonyl (C=O) groups excluding carboxylic acids is 1. The van der Waals surface area contributed by atoms with Gasteiger partial charge in [-0.15, -0.1) is 0 Å². The maximum Gasteiger partial charge on any atom is 0.333 e. The van der Waals surface area contributed by atoms with E-state index in [1.165, 1.54) is 5.56 Å². The van der Waals surface area contributed by atoms with Gasteiger partial charge in [0.15, 0.2) is 0 Å². The Labute approximate surface area is 95.9 Å². The highest BCUT2D eigenvalue weighted by Crippen LogP contribution is 2.47. The molecule has 2 unspecified atom stereocenters. The second-order valence-corrected chi connectivity index (χ2v) is 4.39. The maximum absolute atomic E-state index is 11.2. The number of esters is 1. The van der Waals surface area contributed by atoms with Gasteiger partial charge in [-0.3, -0.25) is 0 Å². The van der Waals surface area contributed by atoms with E-state index in [1.54, 1.807) is 6.92 Å². The van der Waals surface area contributed by atoms with Crippen molar-refractivity contribution in [3.8, 4) is 0 Å². The Bertz CT molecular complexity index is 394. The zero-order valence-corrected chi connectivity index (χ0v) is 9.48. The molecule has 84 valence electrons. The molecule has 0 saturated heterocycles. The summed E-state index contributed by atoms with van der Waals surface area (Å²) in [6, 6.07) is 10.4. The molecule has 1 aromatic rings. The number of hydrogen-bond acceptors (Lipinski definition) is 2. The first kappa shape index (κ1) is 10.9. The van der Waals surface area contributed by atoms with Crippen LogP contribution < -0.4 is 0 Å². The summed E-state index contributed by atoms with van der Waals surface area (Å²) in [5.41, 5.74) is 1.82. The van der Waals surface area contributed by atoms with Gasteiger partial charge in [-0.05, 0) is 24.8 Å². The molecule has 2 heteroatoms. The van der Waals surface area contributed by atoms with Crippen LogP contribution in [0.5, 0.6) is 0 Å². The number of benzene rings is 1. The lowest BCUT2D eigenvalue weighted by molar-refractivity contribution is -0.139. The largest absolute Gasteiger partial charge is 0.462 e. The van der Waals surface area contributed by atoms with Gasteiger partial charge in [0.05, 0.1) is 6.61 Å². The molecule has 0 aliphatic heterocycles. The molecular formula is C14H16O2. The number of ether oxygens (including phenoxy) is 1. The lowest BCUT2D eigenvalue weighted by Gasteiger charge is -2.03. The van der Waals surface area contributed by atoms with Gasteiger partial charge in [0.1, 0.15) is 0 Å². The fourth-order valence-corrected chi connectivity index (χ4v) is 1.85. The van der Waals surface area contributed by atoms with E-state index >= 15 is 0 Å². The van der Waals surface area contributed by atoms with Crippen molar-refractivity contribution in [3.63, 3.8) is 0 Å². The molecule has 0 heterocycles. The zero-order chi connectivity index (χ0) is 11.5. The van der Waals surface area contributed by atoms with Crippen molar-refractivity contribution in [2.75, 3.05) is 6.61 Å². The third-order valence-corrected chi connectivity index (χ3v) is 2.93. The van der Waals surface area contributed by atoms with E-state index in [-0.39, 0.29) is 5.97 Å². The number of rotatable bonds is 4. The van der Waals surface area contributed by atoms with Gasteiger partial charge in [0.2, 0.25) is 0 Å². The van der Waals surface area contributed by atoms with Crippen LogP contribution in [0.2, 0.25) is 0 Å². The van der Waals surface area contributed by atoms with Crippen LogP contribution in [-0.2, 0) is 9.53 Å². The van der Waals surface area contributed by atoms with Gasteiger partial charge in [-0.2, -0.15) is 0 Å². The average Bonchev–Trinajstić information content (AvgIpc) is 3.06. The Morgan fingerprint density at radius 2 is 2.12 bits per heavy atom. The summed E-state index contributed by atoms with van der Waals surface area (Å²) in [6.45, 7) is 5.75. The monoisotopic (exact) mass is 216 g/mol. The number of carbonyl (C=O) groups is 1. The minimum atomic E-state index is -0.279. The summed E-state index contributed by atoms with van der Waals surface area (Å²) in [5, 5.41) is 0. The summed E-state index contributed by atoms with van der Waals surface area (Å²) in [7, 11) is 0. The molecule has 2 atom stereocenters. The molecular weight excluding hydrogens is 200 g/mol. The van der Waals surface area contributed by atoms with Crippen molar-refractivity contribution in [2.24, 2.45) is 5.92 Å². The van der Waals surface area contributed by atoms with Crippen LogP contribution in [0, 0.1) is 5.92 Å². The highest BCUT2D eigenvalue weighted by Gasteiger charge is 2.38. The molecule has 1 aromatic carbocycles. The first-order chi connectivity index (χ1) is 7.68. The molecule has 1 aliphatic carbocycles. The van der Waals surface area contributed by atoms with E-state index < -0.39 is 0 Å². The Kier molecular flexibility index (Phi) is 3.09. The molecule has 16 heavy (non-hydrogen) atoms. The molecule has 1 aliphatic rings. The fourth-order valence-electron chi connectivity index (χ4n) is 1.85. The molecule has 2 rings (SSSR count). The molecule has 0 aromatic heterocycles. The molecule has 0 spiro atoms. The van der Waals surface area contributed by atoms with E-state index in [9.17, 15) is 4.79 Å². The van der Waals surface area contributed by atoms with Gasteiger partial charge < -0.3 is 4.74 Å². The van der Waals surface area contributed by atoms with Crippen molar-refractivity contribution < 1.29 is 9.53 Å². The minimum absolute atomic E-state index is 0.279. The Balaban J connectivity index is 1.80. The van der Waals surface area contributed by atoms with Crippen molar-refractivity contribution in [1.29, 1.82) is 0 Å². The normalized spacial score (nSPS) is 22.6. The predicted molar refractivity (Wildman–Crippen MR) is 63.1 cm³/mol. The third-order valence-electron chi connectivity index (χ3n) is 2.93. The van der Waals surface area contributed by atoms with Gasteiger partial charge in [-0.25, -0.2) is 4.79 Å². The highest BCUT2D eigenvalue weighted by molar-refractivity contribution is 5.86. The van der Waals surface area contributed by atoms with E-state index in [1.807, 2.05) is 18.2 Å². The van der Waals surface area contributed by atoms with Crippen molar-refractivity contribution in [1.82, 2.24) is 0 Å². The van der Waals surface area contributed by atoms with Crippen LogP contribution in [0.4, 0.5) is 0 Å². The van der Waals surface area contributed by atoms with Crippen LogP contribution in [0.15, 0.2) is 42.5 Å². The molecule has 0 N–H and O–H groups in total. The van der Waals surface area contributed by atoms with Crippen LogP contribution in [0.25, 0.3) is 0 Å². The van der Waals surface area contributed by atoms with Crippen LogP contribution in [0.1, 0.15) is 24.8 Å². The van der Waals surface area contributed by atoms with Crippen LogP contribution >= 0.6 is 0 Å². The van der Waals surface area contributed by atoms with Gasteiger partial charge >= 0.3 is 5.97 Å². The lowest BCUT2D eigenvalue weighted by Crippen LogP contribution is -2.07. The smallest absolute Gasteiger partial charge is 0.333 e. The van der Waals surface area contributed by atoms with Crippen LogP contribution in [-0.4, -0.2) is 12.6 Å². The summed E-state index contributed by atoms with van der Waals surface area (Å²) in [6.07, 6.45) is 1.12. The molecule has 2 nitrogen and oxygen atoms in total. The van der Waals surface area contributed by atoms with E-state index in [0.29, 0.717) is 24.0 Å². The Morgan fingerprint density at radius 1 is 1.44 bits per heavy atom. The lowest BCUT2D eigenvalue weighted by atomic mass is 10.1. The van der Waals surface area contributed by atoms with Gasteiger partial charge in [0, 0.05) is 11.5 Å². The fraction of sp³-hybridized carbons (Fsp3) is 0.357. The van der Waals surface area contributed by atoms with E-state index in [0.717, 1.165) is 6.42 Å². The topological polar surface area (TPSA) is 26.3 Å². The van der Waals surface area contributed by atoms with E-state index in [2.05, 4.69) is 18.7 Å². The summed E-state index contributed by atoms with van der Waals surface area (Å²) in [4.78, 5) is 11.2. The standard InChI is InChI=1S/C14H16O2/c1-10(2)14(15)16-9-12-8-13(12)11-6-4-3-5-7-11/h3-7,12-13H,1,8-9H2,2H3. The first-order valence-corrected chi connectivity index (χ1v) is 5.56. The third kappa shape index (κ3) is 2.51. The van der Waals surface area contributed by atoms with Crippen molar-refractivity contribution in [3.05, 3.63) is 48.0 Å². The van der Waals surface area contributed by atoms with Crippen molar-refractivity contribution in [2.45, 2.75) is 19.3 Å². The maximum atomic E-state index is 11.2. The summed E-state index contributed by atoms with van der Waals surface area (Å²) in [5.74, 6) is 0.781. The predicted octanol–water partition coefficient (Wildman–Crippen LogP) is 2.91. The second-order valence-electron chi connectivity index (χ2n) is 4.39. The zero-order valence-electron chi connectivity index (χ0n) is 9.48. The van der Waals surface area contributed by atoms with Gasteiger partial charge in [-0.1, -0.05) is 36.9 Å². The quantitative estimate of drug-likeness (QED) is 0.571. The Hall–Kier alpha value is -1.57. The summed E-state index contributed by atoms with van der Waals surface area (Å²) >= 11 is 0. The second kappa shape index (κ2) is 4.52. The minimum Gasteiger partial charge on any atom is -0.462 e. The summed E-state index contributed by atoms with van der Waals surface area (Å²) < 4.78 is 5.14. The van der Waals surface area contributed by atoms with Crippen LogP contribution in [0.3, 0.4) is 0 Å². The first-order valence-electron chi connectivity index (χ1n) is 5.56. The SMILES string of the molecule is C=C(C)C(=O)OCC1CC1c1ccccc1. The highest BCUT2D eigenvalue weighted by atomic mass is 16.5. The average molecular weight is 216 g/mol. The number of hydrogen-bond donors (Lipinski definition) is 0. The van der Waals surface area contributed by atoms with Gasteiger partial charge in [0.25, 0.3) is 0 Å². The molecule has 0 bridgehead atoms. The Morgan fingerprint density at radius 3 is 2.75 bits per heavy atom. The van der Waals surface area contributed by atoms with E-state index in [4.69, 9.17) is 4.74 Å². The molecule has 0 amide bonds. The molecule has 1 fully saturated rings. The molecule has 1 saturated carbocycles. The van der Waals surface area contributed by atoms with Crippen molar-refractivity contribution >= 4 is 5.97 Å².